The van der Waals surface area contributed by atoms with Crippen molar-refractivity contribution >= 4 is 50.2 Å². The third-order valence-corrected chi connectivity index (χ3v) is 3.91. The molecule has 1 aromatic carbocycles. The molecule has 1 heterocycles. The SMILES string of the molecule is Cc1nc(CNc2ccc(Br)cc2C(N)=S)cs1. The fraction of sp³-hybridized carbons (Fsp3) is 0.167. The molecule has 0 amide bonds. The lowest BCUT2D eigenvalue weighted by Gasteiger charge is -2.10. The van der Waals surface area contributed by atoms with Gasteiger partial charge in [-0.15, -0.1) is 11.3 Å². The van der Waals surface area contributed by atoms with E-state index in [0.717, 1.165) is 26.4 Å². The van der Waals surface area contributed by atoms with Crippen molar-refractivity contribution < 1.29 is 0 Å². The van der Waals surface area contributed by atoms with Gasteiger partial charge < -0.3 is 11.1 Å². The summed E-state index contributed by atoms with van der Waals surface area (Å²) in [5, 5.41) is 6.42. The van der Waals surface area contributed by atoms with Crippen LogP contribution in [0, 0.1) is 6.92 Å². The summed E-state index contributed by atoms with van der Waals surface area (Å²) in [6.07, 6.45) is 0. The van der Waals surface area contributed by atoms with Gasteiger partial charge >= 0.3 is 0 Å². The van der Waals surface area contributed by atoms with Gasteiger partial charge in [-0.05, 0) is 25.1 Å². The van der Waals surface area contributed by atoms with E-state index in [1.54, 1.807) is 11.3 Å². The lowest BCUT2D eigenvalue weighted by atomic mass is 10.2. The van der Waals surface area contributed by atoms with E-state index in [9.17, 15) is 0 Å². The van der Waals surface area contributed by atoms with E-state index in [1.165, 1.54) is 0 Å². The molecule has 0 aliphatic carbocycles. The van der Waals surface area contributed by atoms with Crippen LogP contribution < -0.4 is 11.1 Å². The van der Waals surface area contributed by atoms with Crippen LogP contribution in [0.5, 0.6) is 0 Å². The fourth-order valence-corrected chi connectivity index (χ4v) is 2.69. The van der Waals surface area contributed by atoms with E-state index in [4.69, 9.17) is 18.0 Å². The quantitative estimate of drug-likeness (QED) is 0.836. The maximum absolute atomic E-state index is 5.71. The summed E-state index contributed by atoms with van der Waals surface area (Å²) >= 11 is 10.1. The van der Waals surface area contributed by atoms with E-state index in [0.29, 0.717) is 11.5 Å². The standard InChI is InChI=1S/C12H12BrN3S2/c1-7-16-9(6-18-7)5-15-11-3-2-8(13)4-10(11)12(14)17/h2-4,6,15H,5H2,1H3,(H2,14,17). The zero-order valence-electron chi connectivity index (χ0n) is 9.74. The fourth-order valence-electron chi connectivity index (χ4n) is 1.55. The molecule has 0 radical (unpaired) electrons. The summed E-state index contributed by atoms with van der Waals surface area (Å²) in [6, 6.07) is 5.82. The van der Waals surface area contributed by atoms with E-state index < -0.39 is 0 Å². The largest absolute Gasteiger partial charge is 0.389 e. The predicted octanol–water partition coefficient (Wildman–Crippen LogP) is 3.46. The summed E-state index contributed by atoms with van der Waals surface area (Å²) < 4.78 is 0.959. The number of hydrogen-bond donors (Lipinski definition) is 2. The first-order valence-electron chi connectivity index (χ1n) is 5.30. The van der Waals surface area contributed by atoms with Crippen molar-refractivity contribution in [2.24, 2.45) is 5.73 Å². The number of aromatic nitrogens is 1. The Morgan fingerprint density at radius 2 is 2.33 bits per heavy atom. The Bertz CT molecular complexity index is 580. The van der Waals surface area contributed by atoms with E-state index >= 15 is 0 Å². The average Bonchev–Trinajstić information content (AvgIpc) is 2.73. The molecule has 2 rings (SSSR count). The molecule has 2 aromatic rings. The first-order chi connectivity index (χ1) is 8.56. The van der Waals surface area contributed by atoms with Crippen LogP contribution >= 0.6 is 39.5 Å². The maximum Gasteiger partial charge on any atom is 0.106 e. The smallest absolute Gasteiger partial charge is 0.106 e. The molecule has 0 aliphatic rings. The third-order valence-electron chi connectivity index (χ3n) is 2.37. The maximum atomic E-state index is 5.71. The summed E-state index contributed by atoms with van der Waals surface area (Å²) in [4.78, 5) is 4.78. The molecule has 0 fully saturated rings. The van der Waals surface area contributed by atoms with Crippen LogP contribution in [0.25, 0.3) is 0 Å². The second-order valence-electron chi connectivity index (χ2n) is 3.77. The molecule has 0 aliphatic heterocycles. The van der Waals surface area contributed by atoms with Crippen molar-refractivity contribution in [1.29, 1.82) is 0 Å². The average molecular weight is 342 g/mol. The number of aryl methyl sites for hydroxylation is 1. The van der Waals surface area contributed by atoms with Crippen molar-refractivity contribution in [3.05, 3.63) is 44.3 Å². The minimum Gasteiger partial charge on any atom is -0.389 e. The molecular weight excluding hydrogens is 330 g/mol. The Hall–Kier alpha value is -0.980. The van der Waals surface area contributed by atoms with Crippen molar-refractivity contribution in [3.63, 3.8) is 0 Å². The number of halogens is 1. The molecule has 0 atom stereocenters. The number of hydrogen-bond acceptors (Lipinski definition) is 4. The zero-order valence-corrected chi connectivity index (χ0v) is 13.0. The Morgan fingerprint density at radius 1 is 1.56 bits per heavy atom. The first kappa shape index (κ1) is 13.5. The monoisotopic (exact) mass is 341 g/mol. The van der Waals surface area contributed by atoms with Gasteiger partial charge in [0.1, 0.15) is 4.99 Å². The normalized spacial score (nSPS) is 10.3. The minimum absolute atomic E-state index is 0.383. The van der Waals surface area contributed by atoms with E-state index in [1.807, 2.05) is 30.5 Å². The van der Waals surface area contributed by atoms with Gasteiger partial charge in [0.15, 0.2) is 0 Å². The molecule has 0 spiro atoms. The zero-order chi connectivity index (χ0) is 13.1. The highest BCUT2D eigenvalue weighted by Crippen LogP contribution is 2.22. The number of anilines is 1. The van der Waals surface area contributed by atoms with Gasteiger partial charge in [0.05, 0.1) is 17.2 Å². The van der Waals surface area contributed by atoms with Crippen LogP contribution in [0.15, 0.2) is 28.1 Å². The van der Waals surface area contributed by atoms with Crippen molar-refractivity contribution in [3.8, 4) is 0 Å². The molecule has 1 aromatic heterocycles. The van der Waals surface area contributed by atoms with Crippen molar-refractivity contribution in [2.45, 2.75) is 13.5 Å². The Labute approximate surface area is 124 Å². The van der Waals surface area contributed by atoms with Gasteiger partial charge in [-0.1, -0.05) is 28.1 Å². The van der Waals surface area contributed by atoms with Crippen molar-refractivity contribution in [2.75, 3.05) is 5.32 Å². The molecule has 6 heteroatoms. The number of thiazole rings is 1. The van der Waals surface area contributed by atoms with E-state index in [-0.39, 0.29) is 0 Å². The summed E-state index contributed by atoms with van der Waals surface area (Å²) in [5.74, 6) is 0. The molecule has 3 N–H and O–H groups in total. The summed E-state index contributed by atoms with van der Waals surface area (Å²) in [6.45, 7) is 2.66. The molecule has 3 nitrogen and oxygen atoms in total. The lowest BCUT2D eigenvalue weighted by molar-refractivity contribution is 1.05. The number of rotatable bonds is 4. The highest BCUT2D eigenvalue weighted by Gasteiger charge is 2.06. The third kappa shape index (κ3) is 3.28. The molecule has 94 valence electrons. The van der Waals surface area contributed by atoms with Crippen LogP contribution in [0.1, 0.15) is 16.3 Å². The lowest BCUT2D eigenvalue weighted by Crippen LogP contribution is -2.13. The van der Waals surface area contributed by atoms with Gasteiger partial charge in [-0.2, -0.15) is 0 Å². The van der Waals surface area contributed by atoms with Crippen LogP contribution in [-0.4, -0.2) is 9.97 Å². The number of benzene rings is 1. The Morgan fingerprint density at radius 3 is 2.94 bits per heavy atom. The van der Waals surface area contributed by atoms with Gasteiger partial charge in [-0.3, -0.25) is 0 Å². The molecule has 0 saturated heterocycles. The minimum atomic E-state index is 0.383. The Kier molecular flexibility index (Phi) is 4.31. The summed E-state index contributed by atoms with van der Waals surface area (Å²) in [5.41, 5.74) is 8.50. The second kappa shape index (κ2) is 5.77. The highest BCUT2D eigenvalue weighted by molar-refractivity contribution is 9.10. The van der Waals surface area contributed by atoms with Crippen LogP contribution in [0.2, 0.25) is 0 Å². The summed E-state index contributed by atoms with van der Waals surface area (Å²) in [7, 11) is 0. The van der Waals surface area contributed by atoms with Gasteiger partial charge in [0, 0.05) is 21.1 Å². The predicted molar refractivity (Wildman–Crippen MR) is 84.2 cm³/mol. The highest BCUT2D eigenvalue weighted by atomic mass is 79.9. The topological polar surface area (TPSA) is 50.9 Å². The molecule has 0 saturated carbocycles. The molecular formula is C12H12BrN3S2. The van der Waals surface area contributed by atoms with Crippen LogP contribution in [0.3, 0.4) is 0 Å². The number of nitrogens with zero attached hydrogens (tertiary/aromatic N) is 1. The van der Waals surface area contributed by atoms with Gasteiger partial charge in [0.25, 0.3) is 0 Å². The molecule has 18 heavy (non-hydrogen) atoms. The van der Waals surface area contributed by atoms with Crippen LogP contribution in [0.4, 0.5) is 5.69 Å². The van der Waals surface area contributed by atoms with Crippen LogP contribution in [-0.2, 0) is 6.54 Å². The van der Waals surface area contributed by atoms with E-state index in [2.05, 4.69) is 26.2 Å². The van der Waals surface area contributed by atoms with Gasteiger partial charge in [0.2, 0.25) is 0 Å². The number of thiocarbonyl (C=S) groups is 1. The Balaban J connectivity index is 2.16. The second-order valence-corrected chi connectivity index (χ2v) is 6.18. The van der Waals surface area contributed by atoms with Gasteiger partial charge in [-0.25, -0.2) is 4.98 Å². The molecule has 0 bridgehead atoms. The first-order valence-corrected chi connectivity index (χ1v) is 7.38. The molecule has 0 unspecified atom stereocenters. The number of nitrogens with two attached hydrogens (primary N) is 1. The number of nitrogens with one attached hydrogen (secondary N) is 1. The van der Waals surface area contributed by atoms with Crippen molar-refractivity contribution in [1.82, 2.24) is 4.98 Å².